The molecule has 0 aliphatic heterocycles. The van der Waals surface area contributed by atoms with Gasteiger partial charge in [0.15, 0.2) is 0 Å². The molecule has 0 saturated carbocycles. The van der Waals surface area contributed by atoms with E-state index in [-0.39, 0.29) is 0 Å². The largest absolute Gasteiger partial charge is 0.0622 e. The van der Waals surface area contributed by atoms with Crippen LogP contribution in [0.3, 0.4) is 0 Å². The van der Waals surface area contributed by atoms with Gasteiger partial charge in [0.1, 0.15) is 0 Å². The normalized spacial score (nSPS) is 11.5. The lowest BCUT2D eigenvalue weighted by Gasteiger charge is -2.19. The Balaban J connectivity index is 1.44. The van der Waals surface area contributed by atoms with Gasteiger partial charge in [-0.1, -0.05) is 140 Å². The molecule has 40 heavy (non-hydrogen) atoms. The predicted molar refractivity (Wildman–Crippen MR) is 172 cm³/mol. The van der Waals surface area contributed by atoms with Gasteiger partial charge in [0.2, 0.25) is 0 Å². The fourth-order valence-electron chi connectivity index (χ4n) is 6.30. The number of hydrogen-bond donors (Lipinski definition) is 0. The molecule has 0 aromatic heterocycles. The first-order valence-corrected chi connectivity index (χ1v) is 13.9. The Hall–Kier alpha value is -5.20. The summed E-state index contributed by atoms with van der Waals surface area (Å²) in [4.78, 5) is 0. The summed E-state index contributed by atoms with van der Waals surface area (Å²) in [5.74, 6) is 0. The highest BCUT2D eigenvalue weighted by Gasteiger charge is 2.17. The Bertz CT molecular complexity index is 1990. The molecule has 8 aromatic carbocycles. The van der Waals surface area contributed by atoms with Crippen molar-refractivity contribution in [3.63, 3.8) is 0 Å². The third-order valence-electron chi connectivity index (χ3n) is 8.21. The second-order valence-electron chi connectivity index (χ2n) is 10.5. The van der Waals surface area contributed by atoms with Crippen LogP contribution in [-0.4, -0.2) is 0 Å². The second kappa shape index (κ2) is 9.22. The van der Waals surface area contributed by atoms with Crippen molar-refractivity contribution in [3.05, 3.63) is 158 Å². The minimum absolute atomic E-state index is 1.23. The molecule has 0 saturated heterocycles. The Kier molecular flexibility index (Phi) is 5.24. The van der Waals surface area contributed by atoms with E-state index < -0.39 is 0 Å². The zero-order chi connectivity index (χ0) is 26.5. The predicted octanol–water partition coefficient (Wildman–Crippen LogP) is 11.3. The van der Waals surface area contributed by atoms with Crippen LogP contribution in [-0.2, 0) is 0 Å². The van der Waals surface area contributed by atoms with Crippen molar-refractivity contribution in [1.29, 1.82) is 0 Å². The Morgan fingerprint density at radius 1 is 0.250 bits per heavy atom. The van der Waals surface area contributed by atoms with E-state index in [2.05, 4.69) is 158 Å². The van der Waals surface area contributed by atoms with Crippen LogP contribution in [0.4, 0.5) is 0 Å². The van der Waals surface area contributed by atoms with Gasteiger partial charge in [-0.15, -0.1) is 0 Å². The van der Waals surface area contributed by atoms with E-state index in [4.69, 9.17) is 0 Å². The van der Waals surface area contributed by atoms with E-state index in [1.54, 1.807) is 0 Å². The molecule has 0 bridgehead atoms. The van der Waals surface area contributed by atoms with E-state index >= 15 is 0 Å². The van der Waals surface area contributed by atoms with Crippen molar-refractivity contribution < 1.29 is 0 Å². The lowest BCUT2D eigenvalue weighted by Crippen LogP contribution is -1.91. The summed E-state index contributed by atoms with van der Waals surface area (Å²) in [6.45, 7) is 0. The van der Waals surface area contributed by atoms with Crippen molar-refractivity contribution in [2.45, 2.75) is 0 Å². The van der Waals surface area contributed by atoms with Crippen LogP contribution >= 0.6 is 0 Å². The van der Waals surface area contributed by atoms with Gasteiger partial charge in [0.25, 0.3) is 0 Å². The van der Waals surface area contributed by atoms with Crippen molar-refractivity contribution in [2.24, 2.45) is 0 Å². The molecule has 0 heterocycles. The van der Waals surface area contributed by atoms with Gasteiger partial charge in [0, 0.05) is 0 Å². The average molecular weight is 507 g/mol. The van der Waals surface area contributed by atoms with Gasteiger partial charge in [0.05, 0.1) is 0 Å². The van der Waals surface area contributed by atoms with Crippen molar-refractivity contribution in [2.75, 3.05) is 0 Å². The molecule has 0 N–H and O–H groups in total. The summed E-state index contributed by atoms with van der Waals surface area (Å²) < 4.78 is 0. The summed E-state index contributed by atoms with van der Waals surface area (Å²) in [6.07, 6.45) is 0. The van der Waals surface area contributed by atoms with Crippen molar-refractivity contribution in [3.8, 4) is 44.5 Å². The number of benzene rings is 8. The fraction of sp³-hybridized carbons (Fsp3) is 0. The van der Waals surface area contributed by atoms with E-state index in [0.717, 1.165) is 0 Å². The van der Waals surface area contributed by atoms with Gasteiger partial charge in [-0.3, -0.25) is 0 Å². The van der Waals surface area contributed by atoms with Crippen LogP contribution in [0.2, 0.25) is 0 Å². The molecule has 0 amide bonds. The molecule has 0 radical (unpaired) electrons. The van der Waals surface area contributed by atoms with Gasteiger partial charge >= 0.3 is 0 Å². The molecular formula is C40H26. The van der Waals surface area contributed by atoms with Crippen LogP contribution in [0.5, 0.6) is 0 Å². The zero-order valence-electron chi connectivity index (χ0n) is 22.0. The first kappa shape index (κ1) is 22.8. The first-order valence-electron chi connectivity index (χ1n) is 13.9. The molecule has 0 fully saturated rings. The summed E-state index contributed by atoms with van der Waals surface area (Å²) in [5.41, 5.74) is 9.94. The van der Waals surface area contributed by atoms with Gasteiger partial charge in [-0.25, -0.2) is 0 Å². The van der Waals surface area contributed by atoms with E-state index in [1.807, 2.05) is 0 Å². The average Bonchev–Trinajstić information content (AvgIpc) is 3.04. The van der Waals surface area contributed by atoms with Gasteiger partial charge < -0.3 is 0 Å². The minimum Gasteiger partial charge on any atom is -0.0622 e. The molecule has 0 heteroatoms. The molecular weight excluding hydrogens is 480 g/mol. The summed E-state index contributed by atoms with van der Waals surface area (Å²) in [6, 6.07) is 57.5. The molecule has 8 aromatic rings. The third kappa shape index (κ3) is 3.69. The molecule has 0 nitrogen and oxygen atoms in total. The topological polar surface area (TPSA) is 0 Å². The molecule has 186 valence electrons. The molecule has 8 rings (SSSR count). The molecule has 0 spiro atoms. The zero-order valence-corrected chi connectivity index (χ0v) is 22.0. The van der Waals surface area contributed by atoms with Gasteiger partial charge in [-0.05, 0) is 95.0 Å². The van der Waals surface area contributed by atoms with Crippen molar-refractivity contribution >= 4 is 32.3 Å². The highest BCUT2D eigenvalue weighted by Crippen LogP contribution is 2.44. The lowest BCUT2D eigenvalue weighted by atomic mass is 9.85. The van der Waals surface area contributed by atoms with E-state index in [0.29, 0.717) is 0 Å². The van der Waals surface area contributed by atoms with E-state index in [1.165, 1.54) is 76.8 Å². The monoisotopic (exact) mass is 506 g/mol. The Morgan fingerprint density at radius 3 is 1.18 bits per heavy atom. The fourth-order valence-corrected chi connectivity index (χ4v) is 6.30. The summed E-state index contributed by atoms with van der Waals surface area (Å²) >= 11 is 0. The molecule has 0 aliphatic carbocycles. The Labute approximate surface area is 234 Å². The molecule has 0 aliphatic rings. The maximum absolute atomic E-state index is 2.41. The van der Waals surface area contributed by atoms with Crippen LogP contribution in [0.1, 0.15) is 0 Å². The van der Waals surface area contributed by atoms with E-state index in [9.17, 15) is 0 Å². The smallest absolute Gasteiger partial charge is 0.00143 e. The highest BCUT2D eigenvalue weighted by molar-refractivity contribution is 6.28. The minimum atomic E-state index is 1.23. The summed E-state index contributed by atoms with van der Waals surface area (Å²) in [5, 5.41) is 7.86. The second-order valence-corrected chi connectivity index (χ2v) is 10.5. The van der Waals surface area contributed by atoms with Crippen LogP contribution in [0.25, 0.3) is 76.8 Å². The molecule has 0 atom stereocenters. The van der Waals surface area contributed by atoms with Crippen LogP contribution in [0, 0.1) is 0 Å². The van der Waals surface area contributed by atoms with Crippen LogP contribution in [0.15, 0.2) is 158 Å². The molecule has 0 unspecified atom stereocenters. The number of rotatable bonds is 4. The SMILES string of the molecule is c1ccc(-c2cccc(-c3cc(-c4cccc(-c5ccccc5)c4)c4ccc5cccc6ccc3c4c65)c2)cc1. The maximum Gasteiger partial charge on any atom is -0.00143 e. The standard InChI is InChI=1S/C40H26/c1-3-10-27(11-4-1)31-16-8-18-33(24-31)37-26-38(34-19-9-17-32(25-34)28-12-5-2-6-13-28)36-23-21-30-15-7-14-29-20-22-35(37)40(36)39(29)30/h1-26H. The van der Waals surface area contributed by atoms with Gasteiger partial charge in [-0.2, -0.15) is 0 Å². The maximum atomic E-state index is 2.41. The van der Waals surface area contributed by atoms with Crippen molar-refractivity contribution in [1.82, 2.24) is 0 Å². The summed E-state index contributed by atoms with van der Waals surface area (Å²) in [7, 11) is 0. The third-order valence-corrected chi connectivity index (χ3v) is 8.21. The van der Waals surface area contributed by atoms with Crippen LogP contribution < -0.4 is 0 Å². The lowest BCUT2D eigenvalue weighted by molar-refractivity contribution is 1.59. The quantitative estimate of drug-likeness (QED) is 0.208. The first-order chi connectivity index (χ1) is 19.8. The highest BCUT2D eigenvalue weighted by atomic mass is 14.2. The number of hydrogen-bond acceptors (Lipinski definition) is 0. The Morgan fingerprint density at radius 2 is 0.675 bits per heavy atom.